The van der Waals surface area contributed by atoms with Gasteiger partial charge in [-0.25, -0.2) is 0 Å². The maximum Gasteiger partial charge on any atom is 0.285 e. The topological polar surface area (TPSA) is 111 Å². The number of isothiocyanates is 1. The van der Waals surface area contributed by atoms with Gasteiger partial charge in [-0.1, -0.05) is 0 Å². The van der Waals surface area contributed by atoms with Crippen molar-refractivity contribution < 1.29 is 8.42 Å². The van der Waals surface area contributed by atoms with Crippen LogP contribution in [0, 0.1) is 0 Å². The van der Waals surface area contributed by atoms with E-state index in [0.717, 1.165) is 0 Å². The standard InChI is InChI=1S/C8H8N4O2S2/c9-8(10)12-16(13,14)7-3-1-6(2-4-7)11-5-15/h1-4H,(H4,9,10,12). The highest BCUT2D eigenvalue weighted by molar-refractivity contribution is 7.90. The summed E-state index contributed by atoms with van der Waals surface area (Å²) in [5.74, 6) is -0.513. The first-order chi connectivity index (χ1) is 7.45. The number of benzene rings is 1. The van der Waals surface area contributed by atoms with Crippen molar-refractivity contribution in [2.75, 3.05) is 0 Å². The second-order valence-corrected chi connectivity index (χ2v) is 4.47. The number of sulfonamides is 1. The molecule has 1 aromatic rings. The molecule has 4 N–H and O–H groups in total. The van der Waals surface area contributed by atoms with Gasteiger partial charge >= 0.3 is 0 Å². The van der Waals surface area contributed by atoms with Crippen LogP contribution in [0.1, 0.15) is 0 Å². The molecule has 0 saturated carbocycles. The van der Waals surface area contributed by atoms with Gasteiger partial charge in [0.05, 0.1) is 15.7 Å². The number of guanidine groups is 1. The van der Waals surface area contributed by atoms with Gasteiger partial charge in [0.1, 0.15) is 0 Å². The van der Waals surface area contributed by atoms with Crippen LogP contribution in [0.15, 0.2) is 38.6 Å². The third-order valence-electron chi connectivity index (χ3n) is 1.53. The average Bonchev–Trinajstić information content (AvgIpc) is 2.17. The van der Waals surface area contributed by atoms with Crippen LogP contribution in [0.25, 0.3) is 0 Å². The molecule has 8 heteroatoms. The zero-order chi connectivity index (χ0) is 12.2. The van der Waals surface area contributed by atoms with Crippen molar-refractivity contribution in [3.8, 4) is 0 Å². The molecule has 0 radical (unpaired) electrons. The number of aliphatic imine (C=N–C) groups is 1. The minimum absolute atomic E-state index is 0.0239. The lowest BCUT2D eigenvalue weighted by molar-refractivity contribution is 0.598. The molecular weight excluding hydrogens is 248 g/mol. The maximum atomic E-state index is 11.5. The van der Waals surface area contributed by atoms with Crippen LogP contribution in [-0.4, -0.2) is 19.5 Å². The van der Waals surface area contributed by atoms with Crippen LogP contribution in [0.2, 0.25) is 0 Å². The SMILES string of the molecule is NC(N)=NS(=O)(=O)c1ccc(N=C=S)cc1. The Kier molecular flexibility index (Phi) is 3.73. The molecule has 0 aliphatic heterocycles. The minimum Gasteiger partial charge on any atom is -0.369 e. The van der Waals surface area contributed by atoms with Crippen molar-refractivity contribution in [3.05, 3.63) is 24.3 Å². The summed E-state index contributed by atoms with van der Waals surface area (Å²) in [6, 6.07) is 5.59. The number of nitrogens with two attached hydrogens (primary N) is 2. The Balaban J connectivity index is 3.17. The van der Waals surface area contributed by atoms with E-state index in [0.29, 0.717) is 5.69 Å². The fourth-order valence-corrected chi connectivity index (χ4v) is 1.91. The summed E-state index contributed by atoms with van der Waals surface area (Å²) in [7, 11) is -3.84. The molecule has 0 amide bonds. The lowest BCUT2D eigenvalue weighted by atomic mass is 10.3. The molecule has 0 heterocycles. The van der Waals surface area contributed by atoms with E-state index in [9.17, 15) is 8.42 Å². The largest absolute Gasteiger partial charge is 0.369 e. The highest BCUT2D eigenvalue weighted by Crippen LogP contribution is 2.17. The van der Waals surface area contributed by atoms with Crippen molar-refractivity contribution in [1.82, 2.24) is 0 Å². The fraction of sp³-hybridized carbons (Fsp3) is 0. The minimum atomic E-state index is -3.84. The zero-order valence-corrected chi connectivity index (χ0v) is 9.62. The van der Waals surface area contributed by atoms with Gasteiger partial charge < -0.3 is 11.5 Å². The molecule has 0 atom stereocenters. The van der Waals surface area contributed by atoms with E-state index in [4.69, 9.17) is 11.5 Å². The third-order valence-corrected chi connectivity index (χ3v) is 2.95. The fourth-order valence-electron chi connectivity index (χ4n) is 0.937. The van der Waals surface area contributed by atoms with E-state index in [1.807, 2.05) is 0 Å². The first-order valence-electron chi connectivity index (χ1n) is 3.99. The molecular formula is C8H8N4O2S2. The van der Waals surface area contributed by atoms with Gasteiger partial charge in [-0.15, -0.1) is 4.40 Å². The molecule has 0 bridgehead atoms. The van der Waals surface area contributed by atoms with Crippen LogP contribution in [0.5, 0.6) is 0 Å². The number of nitrogens with zero attached hydrogens (tertiary/aromatic N) is 2. The number of rotatable bonds is 3. The average molecular weight is 256 g/mol. The Bertz CT molecular complexity index is 552. The first kappa shape index (κ1) is 12.3. The maximum absolute atomic E-state index is 11.5. The van der Waals surface area contributed by atoms with Crippen molar-refractivity contribution in [2.45, 2.75) is 4.90 Å². The molecule has 84 valence electrons. The van der Waals surface area contributed by atoms with Gasteiger partial charge in [0.15, 0.2) is 0 Å². The Morgan fingerprint density at radius 1 is 1.25 bits per heavy atom. The molecule has 0 unspecified atom stereocenters. The van der Waals surface area contributed by atoms with Crippen LogP contribution < -0.4 is 11.5 Å². The Hall–Kier alpha value is -1.76. The summed E-state index contributed by atoms with van der Waals surface area (Å²) in [6.45, 7) is 0. The smallest absolute Gasteiger partial charge is 0.285 e. The van der Waals surface area contributed by atoms with Crippen molar-refractivity contribution >= 4 is 39.0 Å². The summed E-state index contributed by atoms with van der Waals surface area (Å²) in [5, 5.41) is 2.17. The number of thiocarbonyl (C=S) groups is 1. The van der Waals surface area contributed by atoms with Gasteiger partial charge in [-0.3, -0.25) is 0 Å². The molecule has 6 nitrogen and oxygen atoms in total. The normalized spacial score (nSPS) is 10.2. The van der Waals surface area contributed by atoms with Crippen LogP contribution in [0.4, 0.5) is 5.69 Å². The lowest BCUT2D eigenvalue weighted by Gasteiger charge is -1.99. The van der Waals surface area contributed by atoms with E-state index in [1.165, 1.54) is 24.3 Å². The summed E-state index contributed by atoms with van der Waals surface area (Å²) < 4.78 is 26.1. The van der Waals surface area contributed by atoms with Crippen molar-refractivity contribution in [1.29, 1.82) is 0 Å². The zero-order valence-electron chi connectivity index (χ0n) is 7.99. The molecule has 1 rings (SSSR count). The Morgan fingerprint density at radius 2 is 1.81 bits per heavy atom. The van der Waals surface area contributed by atoms with Crippen molar-refractivity contribution in [3.63, 3.8) is 0 Å². The van der Waals surface area contributed by atoms with E-state index >= 15 is 0 Å². The van der Waals surface area contributed by atoms with E-state index in [1.54, 1.807) is 0 Å². The quantitative estimate of drug-likeness (QED) is 0.461. The van der Waals surface area contributed by atoms with Gasteiger partial charge in [0.2, 0.25) is 5.96 Å². The molecule has 0 aliphatic carbocycles. The molecule has 0 spiro atoms. The van der Waals surface area contributed by atoms with Crippen LogP contribution in [-0.2, 0) is 10.0 Å². The summed E-state index contributed by atoms with van der Waals surface area (Å²) in [5.41, 5.74) is 10.5. The first-order valence-corrected chi connectivity index (χ1v) is 5.84. The second kappa shape index (κ2) is 4.84. The molecule has 1 aromatic carbocycles. The third kappa shape index (κ3) is 3.13. The Labute approximate surface area is 97.8 Å². The predicted octanol–water partition coefficient (Wildman–Crippen LogP) is 0.383. The van der Waals surface area contributed by atoms with E-state index in [2.05, 4.69) is 26.8 Å². The summed E-state index contributed by atoms with van der Waals surface area (Å²) >= 11 is 4.41. The molecule has 0 aliphatic rings. The van der Waals surface area contributed by atoms with Gasteiger partial charge in [0, 0.05) is 0 Å². The van der Waals surface area contributed by atoms with Gasteiger partial charge in [-0.2, -0.15) is 13.4 Å². The predicted molar refractivity (Wildman–Crippen MR) is 64.1 cm³/mol. The monoisotopic (exact) mass is 256 g/mol. The van der Waals surface area contributed by atoms with Crippen LogP contribution in [0.3, 0.4) is 0 Å². The van der Waals surface area contributed by atoms with Crippen LogP contribution >= 0.6 is 12.2 Å². The summed E-state index contributed by atoms with van der Waals surface area (Å²) in [4.78, 5) is 3.65. The molecule has 0 aromatic heterocycles. The van der Waals surface area contributed by atoms with E-state index < -0.39 is 16.0 Å². The molecule has 16 heavy (non-hydrogen) atoms. The summed E-state index contributed by atoms with van der Waals surface area (Å²) in [6.07, 6.45) is 0. The molecule has 0 fully saturated rings. The second-order valence-electron chi connectivity index (χ2n) is 2.69. The van der Waals surface area contributed by atoms with Gasteiger partial charge in [-0.05, 0) is 36.5 Å². The highest BCUT2D eigenvalue weighted by atomic mass is 32.2. The lowest BCUT2D eigenvalue weighted by Crippen LogP contribution is -2.24. The van der Waals surface area contributed by atoms with E-state index in [-0.39, 0.29) is 4.90 Å². The molecule has 0 saturated heterocycles. The highest BCUT2D eigenvalue weighted by Gasteiger charge is 2.12. The number of hydrogen-bond acceptors (Lipinski definition) is 4. The van der Waals surface area contributed by atoms with Crippen molar-refractivity contribution in [2.24, 2.45) is 20.9 Å². The van der Waals surface area contributed by atoms with Gasteiger partial charge in [0.25, 0.3) is 10.0 Å². The Morgan fingerprint density at radius 3 is 2.25 bits per heavy atom. The number of hydrogen-bond donors (Lipinski definition) is 2.